The van der Waals surface area contributed by atoms with Crippen LogP contribution in [0.3, 0.4) is 0 Å². The van der Waals surface area contributed by atoms with Crippen molar-refractivity contribution in [2.45, 2.75) is 13.3 Å². The normalized spacial score (nSPS) is 10.9. The molecule has 0 spiro atoms. The van der Waals surface area contributed by atoms with E-state index in [9.17, 15) is 0 Å². The molecular weight excluding hydrogens is 298 g/mol. The Morgan fingerprint density at radius 1 is 0.917 bits per heavy atom. The Hall–Kier alpha value is -3.14. The minimum Gasteiger partial charge on any atom is -0.423 e. The number of pyridine rings is 1. The zero-order valence-electron chi connectivity index (χ0n) is 13.4. The van der Waals surface area contributed by atoms with Gasteiger partial charge in [0.2, 0.25) is 0 Å². The number of oxazole rings is 1. The third kappa shape index (κ3) is 3.13. The van der Waals surface area contributed by atoms with Gasteiger partial charge in [-0.2, -0.15) is 4.98 Å². The number of benzene rings is 2. The fourth-order valence-electron chi connectivity index (χ4n) is 2.65. The van der Waals surface area contributed by atoms with E-state index in [1.54, 1.807) is 0 Å². The second kappa shape index (κ2) is 6.16. The van der Waals surface area contributed by atoms with Crippen molar-refractivity contribution in [3.8, 4) is 0 Å². The molecule has 4 nitrogen and oxygen atoms in total. The maximum absolute atomic E-state index is 5.75. The number of fused-ring (bicyclic) bond motifs is 1. The summed E-state index contributed by atoms with van der Waals surface area (Å²) in [7, 11) is 0. The maximum Gasteiger partial charge on any atom is 0.300 e. The van der Waals surface area contributed by atoms with Crippen LogP contribution in [0.25, 0.3) is 11.1 Å². The highest BCUT2D eigenvalue weighted by Crippen LogP contribution is 2.23. The average molecular weight is 315 g/mol. The first kappa shape index (κ1) is 14.5. The van der Waals surface area contributed by atoms with Crippen molar-refractivity contribution in [2.75, 3.05) is 5.32 Å². The molecule has 0 saturated heterocycles. The van der Waals surface area contributed by atoms with Crippen molar-refractivity contribution in [2.24, 2.45) is 0 Å². The highest BCUT2D eigenvalue weighted by atomic mass is 16.4. The molecule has 2 aromatic heterocycles. The van der Waals surface area contributed by atoms with Crippen LogP contribution in [0.2, 0.25) is 0 Å². The van der Waals surface area contributed by atoms with Crippen LogP contribution in [-0.2, 0) is 6.42 Å². The van der Waals surface area contributed by atoms with E-state index in [0.29, 0.717) is 6.01 Å². The van der Waals surface area contributed by atoms with Crippen LogP contribution >= 0.6 is 0 Å². The molecule has 1 N–H and O–H groups in total. The van der Waals surface area contributed by atoms with Crippen LogP contribution in [-0.4, -0.2) is 9.97 Å². The molecule has 0 amide bonds. The zero-order valence-corrected chi connectivity index (χ0v) is 13.4. The van der Waals surface area contributed by atoms with Gasteiger partial charge in [0, 0.05) is 18.1 Å². The van der Waals surface area contributed by atoms with E-state index in [0.717, 1.165) is 28.8 Å². The summed E-state index contributed by atoms with van der Waals surface area (Å²) >= 11 is 0. The summed E-state index contributed by atoms with van der Waals surface area (Å²) in [4.78, 5) is 8.50. The van der Waals surface area contributed by atoms with Crippen molar-refractivity contribution in [3.63, 3.8) is 0 Å². The SMILES string of the molecule is Cc1ccc2nc(Nc3ccc(Cc4ccncc4)cc3)oc2c1. The lowest BCUT2D eigenvalue weighted by molar-refractivity contribution is 0.623. The van der Waals surface area contributed by atoms with Crippen molar-refractivity contribution in [1.82, 2.24) is 9.97 Å². The number of aromatic nitrogens is 2. The van der Waals surface area contributed by atoms with Gasteiger partial charge >= 0.3 is 0 Å². The molecular formula is C20H17N3O. The molecule has 24 heavy (non-hydrogen) atoms. The Labute approximate surface area is 140 Å². The summed E-state index contributed by atoms with van der Waals surface area (Å²) in [5, 5.41) is 3.22. The Bertz CT molecular complexity index is 959. The predicted octanol–water partition coefficient (Wildman–Crippen LogP) is 4.87. The summed E-state index contributed by atoms with van der Waals surface area (Å²) in [6, 6.07) is 18.9. The molecule has 0 bridgehead atoms. The van der Waals surface area contributed by atoms with Gasteiger partial charge in [-0.15, -0.1) is 0 Å². The second-order valence-electron chi connectivity index (χ2n) is 5.84. The van der Waals surface area contributed by atoms with E-state index in [-0.39, 0.29) is 0 Å². The highest BCUT2D eigenvalue weighted by Gasteiger charge is 2.06. The molecule has 4 aromatic rings. The van der Waals surface area contributed by atoms with Crippen molar-refractivity contribution in [1.29, 1.82) is 0 Å². The fourth-order valence-corrected chi connectivity index (χ4v) is 2.65. The average Bonchev–Trinajstić information content (AvgIpc) is 2.99. The second-order valence-corrected chi connectivity index (χ2v) is 5.84. The van der Waals surface area contributed by atoms with Gasteiger partial charge in [0.25, 0.3) is 6.01 Å². The molecule has 0 radical (unpaired) electrons. The van der Waals surface area contributed by atoms with E-state index in [4.69, 9.17) is 4.42 Å². The van der Waals surface area contributed by atoms with Gasteiger partial charge in [-0.1, -0.05) is 18.2 Å². The predicted molar refractivity (Wildman–Crippen MR) is 95.5 cm³/mol. The van der Waals surface area contributed by atoms with Crippen molar-refractivity contribution >= 4 is 22.8 Å². The van der Waals surface area contributed by atoms with Gasteiger partial charge in [-0.3, -0.25) is 4.98 Å². The van der Waals surface area contributed by atoms with Crippen LogP contribution in [0.15, 0.2) is 71.4 Å². The van der Waals surface area contributed by atoms with Gasteiger partial charge in [-0.25, -0.2) is 0 Å². The molecule has 0 saturated carbocycles. The first-order chi connectivity index (χ1) is 11.8. The molecule has 0 fully saturated rings. The molecule has 4 rings (SSSR count). The molecule has 2 heterocycles. The summed E-state index contributed by atoms with van der Waals surface area (Å²) in [6.45, 7) is 2.04. The minimum atomic E-state index is 0.512. The van der Waals surface area contributed by atoms with Gasteiger partial charge in [-0.05, 0) is 66.4 Å². The van der Waals surface area contributed by atoms with E-state index in [1.165, 1.54) is 11.1 Å². The quantitative estimate of drug-likeness (QED) is 0.584. The largest absolute Gasteiger partial charge is 0.423 e. The lowest BCUT2D eigenvalue weighted by atomic mass is 10.1. The van der Waals surface area contributed by atoms with Crippen LogP contribution in [0.5, 0.6) is 0 Å². The van der Waals surface area contributed by atoms with Gasteiger partial charge in [0.15, 0.2) is 5.58 Å². The third-order valence-electron chi connectivity index (χ3n) is 3.91. The number of hydrogen-bond acceptors (Lipinski definition) is 4. The highest BCUT2D eigenvalue weighted by molar-refractivity contribution is 5.76. The van der Waals surface area contributed by atoms with Crippen LogP contribution in [0, 0.1) is 6.92 Å². The van der Waals surface area contributed by atoms with E-state index < -0.39 is 0 Å². The number of rotatable bonds is 4. The molecule has 0 aliphatic heterocycles. The summed E-state index contributed by atoms with van der Waals surface area (Å²) in [5.74, 6) is 0. The number of nitrogens with zero attached hydrogens (tertiary/aromatic N) is 2. The van der Waals surface area contributed by atoms with E-state index in [1.807, 2.05) is 61.8 Å². The molecule has 0 atom stereocenters. The molecule has 2 aromatic carbocycles. The van der Waals surface area contributed by atoms with Crippen molar-refractivity contribution in [3.05, 3.63) is 83.7 Å². The summed E-state index contributed by atoms with van der Waals surface area (Å²) in [6.07, 6.45) is 4.53. The van der Waals surface area contributed by atoms with Crippen LogP contribution in [0.4, 0.5) is 11.7 Å². The van der Waals surface area contributed by atoms with Crippen molar-refractivity contribution < 1.29 is 4.42 Å². The summed E-state index contributed by atoms with van der Waals surface area (Å²) in [5.41, 5.74) is 6.27. The molecule has 4 heteroatoms. The Morgan fingerprint density at radius 3 is 2.46 bits per heavy atom. The number of aryl methyl sites for hydroxylation is 1. The van der Waals surface area contributed by atoms with Gasteiger partial charge in [0.05, 0.1) is 0 Å². The third-order valence-corrected chi connectivity index (χ3v) is 3.91. The molecule has 0 unspecified atom stereocenters. The first-order valence-electron chi connectivity index (χ1n) is 7.88. The lowest BCUT2D eigenvalue weighted by Gasteiger charge is -2.04. The Balaban J connectivity index is 1.50. The summed E-state index contributed by atoms with van der Waals surface area (Å²) < 4.78 is 5.75. The van der Waals surface area contributed by atoms with Crippen LogP contribution in [0.1, 0.15) is 16.7 Å². The zero-order chi connectivity index (χ0) is 16.4. The molecule has 118 valence electrons. The standard InChI is InChI=1S/C20H17N3O/c1-14-2-7-18-19(12-14)24-20(23-18)22-17-5-3-15(4-6-17)13-16-8-10-21-11-9-16/h2-12H,13H2,1H3,(H,22,23). The fraction of sp³-hybridized carbons (Fsp3) is 0.100. The first-order valence-corrected chi connectivity index (χ1v) is 7.88. The van der Waals surface area contributed by atoms with Gasteiger partial charge < -0.3 is 9.73 Å². The number of hydrogen-bond donors (Lipinski definition) is 1. The monoisotopic (exact) mass is 315 g/mol. The maximum atomic E-state index is 5.75. The number of nitrogens with one attached hydrogen (secondary N) is 1. The van der Waals surface area contributed by atoms with E-state index >= 15 is 0 Å². The molecule has 0 aliphatic carbocycles. The minimum absolute atomic E-state index is 0.512. The Morgan fingerprint density at radius 2 is 1.67 bits per heavy atom. The van der Waals surface area contributed by atoms with Gasteiger partial charge in [0.1, 0.15) is 5.52 Å². The smallest absolute Gasteiger partial charge is 0.300 e. The molecule has 0 aliphatic rings. The van der Waals surface area contributed by atoms with Crippen LogP contribution < -0.4 is 5.32 Å². The topological polar surface area (TPSA) is 51.0 Å². The van der Waals surface area contributed by atoms with E-state index in [2.05, 4.69) is 27.4 Å². The number of anilines is 2. The Kier molecular flexibility index (Phi) is 3.71. The lowest BCUT2D eigenvalue weighted by Crippen LogP contribution is -1.92.